The van der Waals surface area contributed by atoms with E-state index in [1.807, 2.05) is 13.0 Å². The van der Waals surface area contributed by atoms with Crippen LogP contribution in [-0.4, -0.2) is 25.3 Å². The number of benzene rings is 1. The van der Waals surface area contributed by atoms with Crippen LogP contribution < -0.4 is 9.47 Å². The zero-order valence-electron chi connectivity index (χ0n) is 11.8. The number of aliphatic carboxylic acids is 1. The summed E-state index contributed by atoms with van der Waals surface area (Å²) in [6.45, 7) is 5.32. The molecule has 0 radical (unpaired) electrons. The van der Waals surface area contributed by atoms with Gasteiger partial charge in [-0.05, 0) is 54.8 Å². The molecule has 0 saturated heterocycles. The molecule has 0 bridgehead atoms. The fourth-order valence-electron chi connectivity index (χ4n) is 1.91. The van der Waals surface area contributed by atoms with E-state index in [1.165, 1.54) is 0 Å². The molecule has 4 nitrogen and oxygen atoms in total. The van der Waals surface area contributed by atoms with Crippen LogP contribution in [0.5, 0.6) is 11.5 Å². The normalized spacial score (nSPS) is 11.3. The van der Waals surface area contributed by atoms with Crippen LogP contribution in [0, 0.1) is 12.3 Å². The van der Waals surface area contributed by atoms with Gasteiger partial charge in [0.05, 0.1) is 24.1 Å². The minimum absolute atomic E-state index is 0.376. The van der Waals surface area contributed by atoms with Crippen LogP contribution in [0.2, 0.25) is 0 Å². The Balaban J connectivity index is 3.38. The average molecular weight is 331 g/mol. The van der Waals surface area contributed by atoms with Gasteiger partial charge in [-0.2, -0.15) is 0 Å². The number of methoxy groups -OCH3 is 2. The van der Waals surface area contributed by atoms with Crippen LogP contribution in [0.4, 0.5) is 0 Å². The van der Waals surface area contributed by atoms with Crippen molar-refractivity contribution in [1.29, 1.82) is 0 Å². The largest absolute Gasteiger partial charge is 0.493 e. The Hall–Kier alpha value is -1.23. The predicted molar refractivity (Wildman–Crippen MR) is 77.1 cm³/mol. The Morgan fingerprint density at radius 2 is 1.84 bits per heavy atom. The predicted octanol–water partition coefficient (Wildman–Crippen LogP) is 3.43. The second kappa shape index (κ2) is 5.82. The Morgan fingerprint density at radius 1 is 1.32 bits per heavy atom. The molecule has 1 rings (SSSR count). The summed E-state index contributed by atoms with van der Waals surface area (Å²) in [7, 11) is 3.12. The van der Waals surface area contributed by atoms with Gasteiger partial charge in [0.15, 0.2) is 11.5 Å². The van der Waals surface area contributed by atoms with Crippen LogP contribution in [0.1, 0.15) is 25.0 Å². The molecule has 0 aliphatic rings. The Morgan fingerprint density at radius 3 is 2.26 bits per heavy atom. The van der Waals surface area contributed by atoms with Gasteiger partial charge in [-0.3, -0.25) is 4.79 Å². The van der Waals surface area contributed by atoms with Gasteiger partial charge in [0.2, 0.25) is 0 Å². The van der Waals surface area contributed by atoms with Crippen LogP contribution >= 0.6 is 15.9 Å². The molecule has 0 aromatic heterocycles. The van der Waals surface area contributed by atoms with Crippen LogP contribution in [0.15, 0.2) is 10.5 Å². The van der Waals surface area contributed by atoms with E-state index in [4.69, 9.17) is 9.47 Å². The maximum absolute atomic E-state index is 11.3. The number of halogens is 1. The number of aryl methyl sites for hydroxylation is 1. The number of rotatable bonds is 5. The summed E-state index contributed by atoms with van der Waals surface area (Å²) < 4.78 is 11.5. The molecule has 0 spiro atoms. The number of carboxylic acids is 1. The lowest BCUT2D eigenvalue weighted by Gasteiger charge is -2.23. The molecule has 19 heavy (non-hydrogen) atoms. The standard InChI is InChI=1S/C14H19BrO4/c1-8-6-10(15)12(19-5)11(18-4)9(8)7-14(2,3)13(16)17/h6H,7H2,1-5H3,(H,16,17). The molecule has 0 unspecified atom stereocenters. The lowest BCUT2D eigenvalue weighted by molar-refractivity contribution is -0.146. The highest BCUT2D eigenvalue weighted by Gasteiger charge is 2.30. The third-order valence-electron chi connectivity index (χ3n) is 3.12. The Labute approximate surface area is 121 Å². The van der Waals surface area contributed by atoms with Crippen LogP contribution in [0.25, 0.3) is 0 Å². The zero-order valence-corrected chi connectivity index (χ0v) is 13.4. The summed E-state index contributed by atoms with van der Waals surface area (Å²) >= 11 is 3.42. The summed E-state index contributed by atoms with van der Waals surface area (Å²) in [4.78, 5) is 11.3. The van der Waals surface area contributed by atoms with Gasteiger partial charge in [0.25, 0.3) is 0 Å². The van der Waals surface area contributed by atoms with Crippen molar-refractivity contribution >= 4 is 21.9 Å². The van der Waals surface area contributed by atoms with E-state index in [-0.39, 0.29) is 0 Å². The van der Waals surface area contributed by atoms with Crippen molar-refractivity contribution in [3.05, 3.63) is 21.7 Å². The molecule has 0 atom stereocenters. The van der Waals surface area contributed by atoms with E-state index in [2.05, 4.69) is 15.9 Å². The first-order valence-corrected chi connectivity index (χ1v) is 6.67. The van der Waals surface area contributed by atoms with Gasteiger partial charge in [0.1, 0.15) is 0 Å². The fraction of sp³-hybridized carbons (Fsp3) is 0.500. The molecule has 1 aromatic rings. The van der Waals surface area contributed by atoms with Crippen molar-refractivity contribution in [2.45, 2.75) is 27.2 Å². The number of carbonyl (C=O) groups is 1. The second-order valence-corrected chi connectivity index (χ2v) is 5.94. The van der Waals surface area contributed by atoms with Crippen molar-refractivity contribution in [2.24, 2.45) is 5.41 Å². The quantitative estimate of drug-likeness (QED) is 0.898. The molecule has 0 aliphatic carbocycles. The first kappa shape index (κ1) is 15.8. The maximum Gasteiger partial charge on any atom is 0.309 e. The minimum Gasteiger partial charge on any atom is -0.493 e. The number of carboxylic acid groups (broad SMARTS) is 1. The summed E-state index contributed by atoms with van der Waals surface area (Å²) in [5.74, 6) is 0.337. The van der Waals surface area contributed by atoms with Gasteiger partial charge >= 0.3 is 5.97 Å². The summed E-state index contributed by atoms with van der Waals surface area (Å²) in [5, 5.41) is 9.26. The topological polar surface area (TPSA) is 55.8 Å². The molecule has 0 amide bonds. The Kier molecular flexibility index (Phi) is 4.85. The van der Waals surface area contributed by atoms with E-state index in [0.29, 0.717) is 17.9 Å². The average Bonchev–Trinajstić information content (AvgIpc) is 2.31. The second-order valence-electron chi connectivity index (χ2n) is 5.09. The molecule has 106 valence electrons. The molecular weight excluding hydrogens is 312 g/mol. The summed E-state index contributed by atoms with van der Waals surface area (Å²) in [6.07, 6.45) is 0.376. The van der Waals surface area contributed by atoms with Crippen molar-refractivity contribution < 1.29 is 19.4 Å². The molecule has 5 heteroatoms. The third-order valence-corrected chi connectivity index (χ3v) is 3.71. The number of hydrogen-bond donors (Lipinski definition) is 1. The first-order valence-electron chi connectivity index (χ1n) is 5.88. The SMILES string of the molecule is COc1c(Br)cc(C)c(CC(C)(C)C(=O)O)c1OC. The number of hydrogen-bond acceptors (Lipinski definition) is 3. The molecule has 0 fully saturated rings. The molecule has 1 N–H and O–H groups in total. The monoisotopic (exact) mass is 330 g/mol. The van der Waals surface area contributed by atoms with Crippen LogP contribution in [0.3, 0.4) is 0 Å². The lowest BCUT2D eigenvalue weighted by Crippen LogP contribution is -2.26. The van der Waals surface area contributed by atoms with Crippen molar-refractivity contribution in [3.63, 3.8) is 0 Å². The zero-order chi connectivity index (χ0) is 14.8. The highest BCUT2D eigenvalue weighted by Crippen LogP contribution is 2.42. The van der Waals surface area contributed by atoms with E-state index in [9.17, 15) is 9.90 Å². The van der Waals surface area contributed by atoms with Gasteiger partial charge in [0, 0.05) is 5.56 Å². The smallest absolute Gasteiger partial charge is 0.309 e. The van der Waals surface area contributed by atoms with Gasteiger partial charge in [-0.25, -0.2) is 0 Å². The molecule has 0 heterocycles. The van der Waals surface area contributed by atoms with E-state index >= 15 is 0 Å². The van der Waals surface area contributed by atoms with Gasteiger partial charge < -0.3 is 14.6 Å². The number of ether oxygens (including phenoxy) is 2. The van der Waals surface area contributed by atoms with Crippen molar-refractivity contribution in [3.8, 4) is 11.5 Å². The molecular formula is C14H19BrO4. The van der Waals surface area contributed by atoms with E-state index in [1.54, 1.807) is 28.1 Å². The molecule has 0 aliphatic heterocycles. The molecule has 0 saturated carbocycles. The minimum atomic E-state index is -0.864. The highest BCUT2D eigenvalue weighted by atomic mass is 79.9. The van der Waals surface area contributed by atoms with E-state index in [0.717, 1.165) is 15.6 Å². The van der Waals surface area contributed by atoms with Gasteiger partial charge in [-0.1, -0.05) is 0 Å². The van der Waals surface area contributed by atoms with Gasteiger partial charge in [-0.15, -0.1) is 0 Å². The highest BCUT2D eigenvalue weighted by molar-refractivity contribution is 9.10. The summed E-state index contributed by atoms with van der Waals surface area (Å²) in [6, 6.07) is 1.91. The third kappa shape index (κ3) is 3.21. The summed E-state index contributed by atoms with van der Waals surface area (Å²) in [5.41, 5.74) is 0.963. The Bertz CT molecular complexity index is 495. The fourth-order valence-corrected chi connectivity index (χ4v) is 2.60. The maximum atomic E-state index is 11.3. The van der Waals surface area contributed by atoms with E-state index < -0.39 is 11.4 Å². The lowest BCUT2D eigenvalue weighted by atomic mass is 9.84. The van der Waals surface area contributed by atoms with Crippen molar-refractivity contribution in [1.82, 2.24) is 0 Å². The van der Waals surface area contributed by atoms with Crippen LogP contribution in [-0.2, 0) is 11.2 Å². The van der Waals surface area contributed by atoms with Crippen molar-refractivity contribution in [2.75, 3.05) is 14.2 Å². The molecule has 1 aromatic carbocycles. The first-order chi connectivity index (χ1) is 8.74.